The molecule has 0 bridgehead atoms. The number of ether oxygens (including phenoxy) is 1. The van der Waals surface area contributed by atoms with Crippen molar-refractivity contribution in [2.75, 3.05) is 7.11 Å². The SMILES string of the molecule is CC(N)=O.COCc1ccccc1.Cl.Cl.Cl. The molecule has 2 N–H and O–H groups in total. The van der Waals surface area contributed by atoms with Gasteiger partial charge in [-0.3, -0.25) is 4.79 Å². The lowest BCUT2D eigenvalue weighted by Gasteiger charge is -1.95. The summed E-state index contributed by atoms with van der Waals surface area (Å²) in [5, 5.41) is 0. The largest absolute Gasteiger partial charge is 0.380 e. The summed E-state index contributed by atoms with van der Waals surface area (Å²) >= 11 is 0. The maximum Gasteiger partial charge on any atom is 0.214 e. The molecule has 0 aliphatic heterocycles. The smallest absolute Gasteiger partial charge is 0.214 e. The highest BCUT2D eigenvalue weighted by atomic mass is 35.5. The number of rotatable bonds is 2. The van der Waals surface area contributed by atoms with Crippen LogP contribution in [0.3, 0.4) is 0 Å². The first-order valence-corrected chi connectivity index (χ1v) is 3.95. The minimum absolute atomic E-state index is 0. The second-order valence-corrected chi connectivity index (χ2v) is 2.53. The number of carbonyl (C=O) groups is 1. The van der Waals surface area contributed by atoms with Gasteiger partial charge in [-0.05, 0) is 5.56 Å². The van der Waals surface area contributed by atoms with Gasteiger partial charge in [-0.2, -0.15) is 0 Å². The number of carbonyl (C=O) groups excluding carboxylic acids is 1. The summed E-state index contributed by atoms with van der Waals surface area (Å²) in [6.45, 7) is 2.01. The van der Waals surface area contributed by atoms with Gasteiger partial charge in [0.05, 0.1) is 6.61 Å². The van der Waals surface area contributed by atoms with Gasteiger partial charge in [-0.25, -0.2) is 0 Å². The third-order valence-electron chi connectivity index (χ3n) is 1.15. The number of halogens is 3. The molecule has 96 valence electrons. The Morgan fingerprint density at radius 1 is 1.19 bits per heavy atom. The van der Waals surface area contributed by atoms with Crippen LogP contribution in [0.1, 0.15) is 12.5 Å². The Morgan fingerprint density at radius 3 is 1.88 bits per heavy atom. The predicted molar refractivity (Wildman–Crippen MR) is 73.8 cm³/mol. The van der Waals surface area contributed by atoms with E-state index in [1.54, 1.807) is 7.11 Å². The lowest BCUT2D eigenvalue weighted by molar-refractivity contribution is -0.115. The van der Waals surface area contributed by atoms with Gasteiger partial charge in [0.15, 0.2) is 0 Å². The minimum Gasteiger partial charge on any atom is -0.380 e. The summed E-state index contributed by atoms with van der Waals surface area (Å²) in [6.07, 6.45) is 0. The molecule has 1 rings (SSSR count). The molecule has 0 radical (unpaired) electrons. The molecule has 1 aromatic rings. The summed E-state index contributed by atoms with van der Waals surface area (Å²) in [7, 11) is 1.70. The number of nitrogens with two attached hydrogens (primary N) is 1. The standard InChI is InChI=1S/C8H10O.C2H5NO.3ClH/c1-9-7-8-5-3-2-4-6-8;1-2(3)4;;;/h2-6H,7H2,1H3;1H3,(H2,3,4);3*1H. The van der Waals surface area contributed by atoms with E-state index in [0.29, 0.717) is 6.61 Å². The second-order valence-electron chi connectivity index (χ2n) is 2.53. The van der Waals surface area contributed by atoms with Gasteiger partial charge >= 0.3 is 0 Å². The van der Waals surface area contributed by atoms with E-state index in [4.69, 9.17) is 4.74 Å². The Labute approximate surface area is 115 Å². The van der Waals surface area contributed by atoms with Gasteiger partial charge in [-0.1, -0.05) is 30.3 Å². The molecule has 0 atom stereocenters. The fourth-order valence-electron chi connectivity index (χ4n) is 0.741. The molecule has 0 spiro atoms. The van der Waals surface area contributed by atoms with Gasteiger partial charge in [0, 0.05) is 14.0 Å². The molecule has 0 saturated carbocycles. The highest BCUT2D eigenvalue weighted by Crippen LogP contribution is 1.98. The summed E-state index contributed by atoms with van der Waals surface area (Å²) < 4.78 is 4.93. The fourth-order valence-corrected chi connectivity index (χ4v) is 0.741. The van der Waals surface area contributed by atoms with Crippen LogP contribution >= 0.6 is 37.2 Å². The molecule has 0 fully saturated rings. The summed E-state index contributed by atoms with van der Waals surface area (Å²) in [6, 6.07) is 10.1. The average molecular weight is 291 g/mol. The van der Waals surface area contributed by atoms with E-state index in [0.717, 1.165) is 0 Å². The molecule has 0 saturated heterocycles. The van der Waals surface area contributed by atoms with E-state index in [-0.39, 0.29) is 43.1 Å². The van der Waals surface area contributed by atoms with E-state index >= 15 is 0 Å². The van der Waals surface area contributed by atoms with Crippen LogP contribution in [-0.2, 0) is 16.1 Å². The van der Waals surface area contributed by atoms with Gasteiger partial charge in [0.1, 0.15) is 0 Å². The van der Waals surface area contributed by atoms with Crippen LogP contribution in [0.5, 0.6) is 0 Å². The van der Waals surface area contributed by atoms with Crippen molar-refractivity contribution >= 4 is 43.1 Å². The number of hydrogen-bond acceptors (Lipinski definition) is 2. The van der Waals surface area contributed by atoms with E-state index in [1.165, 1.54) is 12.5 Å². The highest BCUT2D eigenvalue weighted by molar-refractivity contribution is 5.86. The third kappa shape index (κ3) is 19.1. The van der Waals surface area contributed by atoms with Crippen molar-refractivity contribution in [2.45, 2.75) is 13.5 Å². The van der Waals surface area contributed by atoms with Crippen molar-refractivity contribution in [3.8, 4) is 0 Å². The van der Waals surface area contributed by atoms with Crippen LogP contribution in [0, 0.1) is 0 Å². The van der Waals surface area contributed by atoms with Crippen molar-refractivity contribution in [3.05, 3.63) is 35.9 Å². The highest BCUT2D eigenvalue weighted by Gasteiger charge is 1.84. The number of benzene rings is 1. The zero-order chi connectivity index (χ0) is 10.1. The Morgan fingerprint density at radius 2 is 1.56 bits per heavy atom. The Hall–Kier alpha value is -0.480. The molecule has 16 heavy (non-hydrogen) atoms. The lowest BCUT2D eigenvalue weighted by atomic mass is 10.2. The van der Waals surface area contributed by atoms with Crippen molar-refractivity contribution in [3.63, 3.8) is 0 Å². The van der Waals surface area contributed by atoms with Crippen LogP contribution in [-0.4, -0.2) is 13.0 Å². The average Bonchev–Trinajstić information content (AvgIpc) is 2.06. The first kappa shape index (κ1) is 24.7. The lowest BCUT2D eigenvalue weighted by Crippen LogP contribution is -2.01. The molecule has 0 aromatic heterocycles. The zero-order valence-electron chi connectivity index (χ0n) is 9.21. The number of primary amides is 1. The zero-order valence-corrected chi connectivity index (χ0v) is 11.7. The van der Waals surface area contributed by atoms with Crippen molar-refractivity contribution < 1.29 is 9.53 Å². The monoisotopic (exact) mass is 289 g/mol. The quantitative estimate of drug-likeness (QED) is 0.910. The molecule has 1 aromatic carbocycles. The predicted octanol–water partition coefficient (Wildman–Crippen LogP) is 2.59. The molecule has 0 aliphatic carbocycles. The van der Waals surface area contributed by atoms with E-state index in [2.05, 4.69) is 5.73 Å². The van der Waals surface area contributed by atoms with Crippen LogP contribution < -0.4 is 5.73 Å². The first-order valence-electron chi connectivity index (χ1n) is 3.95. The van der Waals surface area contributed by atoms with Crippen molar-refractivity contribution in [1.29, 1.82) is 0 Å². The third-order valence-corrected chi connectivity index (χ3v) is 1.15. The van der Waals surface area contributed by atoms with Crippen LogP contribution in [0.4, 0.5) is 0 Å². The Bertz CT molecular complexity index is 241. The van der Waals surface area contributed by atoms with Crippen LogP contribution in [0.25, 0.3) is 0 Å². The van der Waals surface area contributed by atoms with Gasteiger partial charge < -0.3 is 10.5 Å². The molecular weight excluding hydrogens is 272 g/mol. The van der Waals surface area contributed by atoms with E-state index in [1.807, 2.05) is 30.3 Å². The molecule has 3 nitrogen and oxygen atoms in total. The second kappa shape index (κ2) is 16.9. The van der Waals surface area contributed by atoms with Crippen molar-refractivity contribution in [1.82, 2.24) is 0 Å². The Balaban J connectivity index is -0.0000000921. The maximum absolute atomic E-state index is 9.22. The molecule has 0 aliphatic rings. The summed E-state index contributed by atoms with van der Waals surface area (Å²) in [4.78, 5) is 9.22. The van der Waals surface area contributed by atoms with E-state index < -0.39 is 0 Å². The minimum atomic E-state index is -0.333. The molecule has 0 unspecified atom stereocenters. The van der Waals surface area contributed by atoms with Gasteiger partial charge in [0.2, 0.25) is 5.91 Å². The topological polar surface area (TPSA) is 52.3 Å². The van der Waals surface area contributed by atoms with Gasteiger partial charge in [-0.15, -0.1) is 37.2 Å². The van der Waals surface area contributed by atoms with E-state index in [9.17, 15) is 4.79 Å². The molecule has 1 amide bonds. The number of methoxy groups -OCH3 is 1. The maximum atomic E-state index is 9.22. The number of amides is 1. The molecular formula is C10H18Cl3NO2. The normalized spacial score (nSPS) is 6.88. The molecule has 6 heteroatoms. The fraction of sp³-hybridized carbons (Fsp3) is 0.300. The Kier molecular flexibility index (Phi) is 26.1. The molecule has 0 heterocycles. The first-order chi connectivity index (χ1) is 6.16. The van der Waals surface area contributed by atoms with Crippen LogP contribution in [0.2, 0.25) is 0 Å². The van der Waals surface area contributed by atoms with Gasteiger partial charge in [0.25, 0.3) is 0 Å². The summed E-state index contributed by atoms with van der Waals surface area (Å²) in [5.41, 5.74) is 5.69. The van der Waals surface area contributed by atoms with Crippen molar-refractivity contribution in [2.24, 2.45) is 5.73 Å². The summed E-state index contributed by atoms with van der Waals surface area (Å²) in [5.74, 6) is -0.333. The van der Waals surface area contributed by atoms with Crippen LogP contribution in [0.15, 0.2) is 30.3 Å². The number of hydrogen-bond donors (Lipinski definition) is 1.